The fraction of sp³-hybridized carbons (Fsp3) is 0.0833. The van der Waals surface area contributed by atoms with Crippen LogP contribution in [-0.4, -0.2) is 54.8 Å². The molecule has 0 aliphatic carbocycles. The minimum atomic E-state index is -3.43. The molecular weight excluding hydrogens is 497 g/mol. The van der Waals surface area contributed by atoms with E-state index in [9.17, 15) is 12.8 Å². The van der Waals surface area contributed by atoms with Crippen LogP contribution in [0.1, 0.15) is 5.56 Å². The predicted octanol–water partition coefficient (Wildman–Crippen LogP) is 3.21. The minimum Gasteiger partial charge on any atom is -0.335 e. The summed E-state index contributed by atoms with van der Waals surface area (Å²) in [4.78, 5) is 25.1. The van der Waals surface area contributed by atoms with Crippen LogP contribution in [0.15, 0.2) is 61.3 Å². The summed E-state index contributed by atoms with van der Waals surface area (Å²) < 4.78 is 39.8. The Balaban J connectivity index is 1.44. The highest BCUT2D eigenvalue weighted by Crippen LogP contribution is 2.32. The lowest BCUT2D eigenvalue weighted by atomic mass is 10.0. The van der Waals surface area contributed by atoms with E-state index in [2.05, 4.69) is 44.8 Å². The number of hydrogen-bond acceptors (Lipinski definition) is 8. The number of pyridine rings is 2. The monoisotopic (exact) mass is 515 g/mol. The van der Waals surface area contributed by atoms with Crippen LogP contribution < -0.4 is 4.72 Å². The van der Waals surface area contributed by atoms with Crippen molar-refractivity contribution in [1.82, 2.24) is 44.8 Å². The molecule has 0 aliphatic heterocycles. The van der Waals surface area contributed by atoms with Gasteiger partial charge >= 0.3 is 0 Å². The molecule has 184 valence electrons. The Morgan fingerprint density at radius 2 is 1.89 bits per heavy atom. The van der Waals surface area contributed by atoms with Gasteiger partial charge in [-0.25, -0.2) is 27.5 Å². The first kappa shape index (κ1) is 22.8. The fourth-order valence-corrected chi connectivity index (χ4v) is 4.48. The van der Waals surface area contributed by atoms with Gasteiger partial charge in [0.15, 0.2) is 11.5 Å². The van der Waals surface area contributed by atoms with Gasteiger partial charge in [0.05, 0.1) is 35.4 Å². The number of nitrogens with zero attached hydrogens (tertiary/aromatic N) is 6. The molecule has 0 unspecified atom stereocenters. The van der Waals surface area contributed by atoms with Crippen LogP contribution in [0.2, 0.25) is 0 Å². The van der Waals surface area contributed by atoms with Gasteiger partial charge in [-0.3, -0.25) is 20.1 Å². The fourth-order valence-electron chi connectivity index (χ4n) is 4.05. The van der Waals surface area contributed by atoms with Crippen LogP contribution >= 0.6 is 0 Å². The van der Waals surface area contributed by atoms with Gasteiger partial charge in [-0.2, -0.15) is 5.10 Å². The smallest absolute Gasteiger partial charge is 0.209 e. The van der Waals surface area contributed by atoms with E-state index in [0.717, 1.165) is 11.6 Å². The van der Waals surface area contributed by atoms with Crippen molar-refractivity contribution in [3.8, 4) is 34.0 Å². The second kappa shape index (κ2) is 8.80. The van der Waals surface area contributed by atoms with Gasteiger partial charge in [0, 0.05) is 36.1 Å². The number of H-pyrrole nitrogens is 2. The SMILES string of the molecule is CS(=O)(=O)NCc1cc(F)cc(-c2ccnc3nc(-c4n[nH]c5cnc(-c6cnccn6)cc45)[nH]c23)c1. The van der Waals surface area contributed by atoms with Gasteiger partial charge in [-0.1, -0.05) is 0 Å². The quantitative estimate of drug-likeness (QED) is 0.305. The highest BCUT2D eigenvalue weighted by molar-refractivity contribution is 7.88. The molecule has 0 atom stereocenters. The van der Waals surface area contributed by atoms with Crippen LogP contribution in [0.3, 0.4) is 0 Å². The molecule has 0 radical (unpaired) electrons. The number of aromatic amines is 2. The van der Waals surface area contributed by atoms with Crippen LogP contribution in [-0.2, 0) is 16.6 Å². The van der Waals surface area contributed by atoms with Gasteiger partial charge in [0.1, 0.15) is 17.2 Å². The van der Waals surface area contributed by atoms with Crippen LogP contribution in [0, 0.1) is 5.82 Å². The molecule has 0 fully saturated rings. The molecule has 0 saturated heterocycles. The maximum atomic E-state index is 14.5. The molecule has 0 bridgehead atoms. The van der Waals surface area contributed by atoms with E-state index in [-0.39, 0.29) is 6.54 Å². The molecule has 0 saturated carbocycles. The number of benzene rings is 1. The highest BCUT2D eigenvalue weighted by atomic mass is 32.2. The molecule has 0 amide bonds. The molecular formula is C24H18FN9O2S. The molecule has 3 N–H and O–H groups in total. The number of fused-ring (bicyclic) bond motifs is 2. The third kappa shape index (κ3) is 4.52. The van der Waals surface area contributed by atoms with Gasteiger partial charge in [0.25, 0.3) is 0 Å². The van der Waals surface area contributed by atoms with E-state index in [0.29, 0.717) is 56.3 Å². The first-order valence-corrected chi connectivity index (χ1v) is 12.9. The van der Waals surface area contributed by atoms with Crippen molar-refractivity contribution in [2.75, 3.05) is 6.26 Å². The van der Waals surface area contributed by atoms with E-state index in [1.165, 1.54) is 12.1 Å². The molecule has 5 aromatic heterocycles. The Kier molecular flexibility index (Phi) is 5.43. The molecule has 6 aromatic rings. The number of aromatic nitrogens is 8. The average Bonchev–Trinajstić information content (AvgIpc) is 3.51. The lowest BCUT2D eigenvalue weighted by molar-refractivity contribution is 0.586. The standard InChI is InChI=1S/C24H18FN9O2S/c1-37(35,36)30-10-13-6-14(8-15(25)7-13)16-2-3-28-23-21(16)31-24(32-23)22-17-9-18(20-11-26-4-5-27-20)29-12-19(17)33-34-22/h2-9,11-12,30H,10H2,1H3,(H,33,34)(H,28,31,32). The average molecular weight is 516 g/mol. The summed E-state index contributed by atoms with van der Waals surface area (Å²) in [5.74, 6) is -0.0253. The molecule has 1 aromatic carbocycles. The van der Waals surface area contributed by atoms with E-state index in [1.807, 2.05) is 6.07 Å². The summed E-state index contributed by atoms with van der Waals surface area (Å²) in [6, 6.07) is 7.98. The lowest BCUT2D eigenvalue weighted by Crippen LogP contribution is -2.21. The molecule has 37 heavy (non-hydrogen) atoms. The van der Waals surface area contributed by atoms with Crippen molar-refractivity contribution in [2.24, 2.45) is 0 Å². The van der Waals surface area contributed by atoms with Crippen molar-refractivity contribution in [3.63, 3.8) is 0 Å². The van der Waals surface area contributed by atoms with Crippen molar-refractivity contribution in [1.29, 1.82) is 0 Å². The number of hydrogen-bond donors (Lipinski definition) is 3. The third-order valence-corrected chi connectivity index (χ3v) is 6.36. The first-order chi connectivity index (χ1) is 17.8. The second-order valence-electron chi connectivity index (χ2n) is 8.36. The van der Waals surface area contributed by atoms with Crippen LogP contribution in [0.4, 0.5) is 4.39 Å². The third-order valence-electron chi connectivity index (χ3n) is 5.70. The van der Waals surface area contributed by atoms with Crippen molar-refractivity contribution in [2.45, 2.75) is 6.54 Å². The molecule has 6 rings (SSSR count). The van der Waals surface area contributed by atoms with Gasteiger partial charge in [-0.05, 0) is 41.5 Å². The molecule has 0 aliphatic rings. The van der Waals surface area contributed by atoms with Crippen molar-refractivity contribution in [3.05, 3.63) is 72.7 Å². The number of imidazole rings is 1. The Hall–Kier alpha value is -4.62. The summed E-state index contributed by atoms with van der Waals surface area (Å²) in [6.07, 6.45) is 9.12. The van der Waals surface area contributed by atoms with Crippen molar-refractivity contribution >= 4 is 32.1 Å². The lowest BCUT2D eigenvalue weighted by Gasteiger charge is -2.08. The Bertz CT molecular complexity index is 1890. The minimum absolute atomic E-state index is 0.0343. The number of sulfonamides is 1. The summed E-state index contributed by atoms with van der Waals surface area (Å²) in [5.41, 5.74) is 5.22. The summed E-state index contributed by atoms with van der Waals surface area (Å²) in [6.45, 7) is -0.0343. The van der Waals surface area contributed by atoms with Gasteiger partial charge in [-0.15, -0.1) is 0 Å². The zero-order valence-corrected chi connectivity index (χ0v) is 20.1. The number of halogens is 1. The summed E-state index contributed by atoms with van der Waals surface area (Å²) in [7, 11) is -3.43. The molecule has 0 spiro atoms. The number of rotatable bonds is 6. The van der Waals surface area contributed by atoms with E-state index >= 15 is 0 Å². The largest absolute Gasteiger partial charge is 0.335 e. The van der Waals surface area contributed by atoms with Gasteiger partial charge < -0.3 is 4.98 Å². The van der Waals surface area contributed by atoms with Gasteiger partial charge in [0.2, 0.25) is 10.0 Å². The van der Waals surface area contributed by atoms with E-state index in [4.69, 9.17) is 0 Å². The molecule has 5 heterocycles. The summed E-state index contributed by atoms with van der Waals surface area (Å²) in [5, 5.41) is 8.16. The summed E-state index contributed by atoms with van der Waals surface area (Å²) >= 11 is 0. The Morgan fingerprint density at radius 1 is 1.00 bits per heavy atom. The second-order valence-corrected chi connectivity index (χ2v) is 10.2. The number of nitrogens with one attached hydrogen (secondary N) is 3. The van der Waals surface area contributed by atoms with Crippen LogP contribution in [0.5, 0.6) is 0 Å². The Morgan fingerprint density at radius 3 is 2.70 bits per heavy atom. The van der Waals surface area contributed by atoms with E-state index in [1.54, 1.807) is 43.1 Å². The topological polar surface area (TPSA) is 155 Å². The zero-order chi connectivity index (χ0) is 25.6. The molecule has 11 nitrogen and oxygen atoms in total. The predicted molar refractivity (Wildman–Crippen MR) is 135 cm³/mol. The highest BCUT2D eigenvalue weighted by Gasteiger charge is 2.17. The maximum Gasteiger partial charge on any atom is 0.209 e. The van der Waals surface area contributed by atoms with Crippen LogP contribution in [0.25, 0.3) is 56.1 Å². The normalized spacial score (nSPS) is 11.9. The maximum absolute atomic E-state index is 14.5. The first-order valence-electron chi connectivity index (χ1n) is 11.0. The molecule has 13 heteroatoms. The zero-order valence-electron chi connectivity index (χ0n) is 19.3. The Labute approximate surface area is 209 Å². The van der Waals surface area contributed by atoms with E-state index < -0.39 is 15.8 Å². The van der Waals surface area contributed by atoms with Crippen molar-refractivity contribution < 1.29 is 12.8 Å².